The molecule has 7 heteroatoms. The summed E-state index contributed by atoms with van der Waals surface area (Å²) in [5.41, 5.74) is 5.41. The lowest BCUT2D eigenvalue weighted by molar-refractivity contribution is -0.125. The molecule has 1 aromatic carbocycles. The molecular formula is C10H14N2O4S. The van der Waals surface area contributed by atoms with Crippen LogP contribution in [0.4, 0.5) is 0 Å². The zero-order chi connectivity index (χ0) is 12.9. The first-order chi connectivity index (χ1) is 7.91. The van der Waals surface area contributed by atoms with Gasteiger partial charge in [-0.1, -0.05) is 30.3 Å². The van der Waals surface area contributed by atoms with Gasteiger partial charge in [-0.2, -0.15) is 0 Å². The number of carbonyl (C=O) groups is 1. The zero-order valence-corrected chi connectivity index (χ0v) is 9.85. The number of rotatable bonds is 6. The largest absolute Gasteiger partial charge is 0.382 e. The summed E-state index contributed by atoms with van der Waals surface area (Å²) in [5.74, 6) is -1.17. The van der Waals surface area contributed by atoms with E-state index in [4.69, 9.17) is 10.8 Å². The van der Waals surface area contributed by atoms with Crippen LogP contribution in [0.3, 0.4) is 0 Å². The van der Waals surface area contributed by atoms with Crippen LogP contribution in [0.2, 0.25) is 0 Å². The van der Waals surface area contributed by atoms with E-state index >= 15 is 0 Å². The highest BCUT2D eigenvalue weighted by Gasteiger charge is 2.16. The molecule has 4 N–H and O–H groups in total. The summed E-state index contributed by atoms with van der Waals surface area (Å²) in [7, 11) is -3.58. The fourth-order valence-electron chi connectivity index (χ4n) is 1.15. The summed E-state index contributed by atoms with van der Waals surface area (Å²) >= 11 is 0. The fourth-order valence-corrected chi connectivity index (χ4v) is 2.30. The maximum absolute atomic E-state index is 11.6. The van der Waals surface area contributed by atoms with Gasteiger partial charge >= 0.3 is 0 Å². The second-order valence-electron chi connectivity index (χ2n) is 3.51. The molecular weight excluding hydrogens is 244 g/mol. The second-order valence-corrected chi connectivity index (χ2v) is 5.32. The Morgan fingerprint density at radius 1 is 1.35 bits per heavy atom. The highest BCUT2D eigenvalue weighted by atomic mass is 32.2. The molecule has 1 aromatic rings. The third-order valence-electron chi connectivity index (χ3n) is 2.02. The fraction of sp³-hybridized carbons (Fsp3) is 0.300. The number of amides is 1. The lowest BCUT2D eigenvalue weighted by Gasteiger charge is -2.09. The Labute approximate surface area is 99.5 Å². The molecule has 0 aliphatic rings. The van der Waals surface area contributed by atoms with Gasteiger partial charge in [0.2, 0.25) is 15.9 Å². The number of hydrogen-bond acceptors (Lipinski definition) is 4. The van der Waals surface area contributed by atoms with E-state index < -0.39 is 28.6 Å². The molecule has 0 bridgehead atoms. The van der Waals surface area contributed by atoms with Crippen molar-refractivity contribution in [1.29, 1.82) is 0 Å². The van der Waals surface area contributed by atoms with Crippen molar-refractivity contribution in [2.24, 2.45) is 5.73 Å². The monoisotopic (exact) mass is 258 g/mol. The van der Waals surface area contributed by atoms with Crippen LogP contribution < -0.4 is 10.5 Å². The first-order valence-electron chi connectivity index (χ1n) is 4.89. The van der Waals surface area contributed by atoms with Crippen molar-refractivity contribution in [3.63, 3.8) is 0 Å². The van der Waals surface area contributed by atoms with Crippen molar-refractivity contribution in [3.8, 4) is 0 Å². The minimum Gasteiger partial charge on any atom is -0.382 e. The molecule has 17 heavy (non-hydrogen) atoms. The first kappa shape index (κ1) is 13.6. The lowest BCUT2D eigenvalue weighted by Crippen LogP contribution is -2.40. The molecule has 1 unspecified atom stereocenters. The number of carbonyl (C=O) groups excluding carboxylic acids is 1. The van der Waals surface area contributed by atoms with E-state index in [0.29, 0.717) is 5.56 Å². The summed E-state index contributed by atoms with van der Waals surface area (Å²) < 4.78 is 25.2. The number of hydrogen-bond donors (Lipinski definition) is 3. The van der Waals surface area contributed by atoms with E-state index in [1.807, 2.05) is 0 Å². The SMILES string of the molecule is NC(=O)C(O)CNS(=O)(=O)Cc1ccccc1. The smallest absolute Gasteiger partial charge is 0.247 e. The predicted molar refractivity (Wildman–Crippen MR) is 62.3 cm³/mol. The van der Waals surface area contributed by atoms with Gasteiger partial charge in [0, 0.05) is 6.54 Å². The number of nitrogens with two attached hydrogens (primary N) is 1. The van der Waals surface area contributed by atoms with Crippen molar-refractivity contribution in [2.45, 2.75) is 11.9 Å². The van der Waals surface area contributed by atoms with Crippen LogP contribution in [-0.2, 0) is 20.6 Å². The van der Waals surface area contributed by atoms with Crippen molar-refractivity contribution < 1.29 is 18.3 Å². The van der Waals surface area contributed by atoms with Gasteiger partial charge in [-0.05, 0) is 5.56 Å². The summed E-state index contributed by atoms with van der Waals surface area (Å²) in [4.78, 5) is 10.5. The molecule has 0 aliphatic heterocycles. The van der Waals surface area contributed by atoms with Gasteiger partial charge in [-0.3, -0.25) is 4.79 Å². The minimum atomic E-state index is -3.58. The molecule has 0 aromatic heterocycles. The summed E-state index contributed by atoms with van der Waals surface area (Å²) in [6.07, 6.45) is -1.51. The molecule has 0 spiro atoms. The van der Waals surface area contributed by atoms with Crippen molar-refractivity contribution in [3.05, 3.63) is 35.9 Å². The third-order valence-corrected chi connectivity index (χ3v) is 3.34. The Balaban J connectivity index is 2.56. The van der Waals surface area contributed by atoms with Crippen LogP contribution in [0.15, 0.2) is 30.3 Å². The molecule has 0 radical (unpaired) electrons. The van der Waals surface area contributed by atoms with Gasteiger partial charge in [0.1, 0.15) is 6.10 Å². The minimum absolute atomic E-state index is 0.209. The van der Waals surface area contributed by atoms with Crippen LogP contribution in [0.5, 0.6) is 0 Å². The zero-order valence-electron chi connectivity index (χ0n) is 9.04. The Morgan fingerprint density at radius 3 is 2.47 bits per heavy atom. The number of aliphatic hydroxyl groups excluding tert-OH is 1. The van der Waals surface area contributed by atoms with E-state index in [1.54, 1.807) is 30.3 Å². The number of benzene rings is 1. The Kier molecular flexibility index (Phi) is 4.62. The Morgan fingerprint density at radius 2 is 1.94 bits per heavy atom. The Bertz CT molecular complexity index is 472. The molecule has 0 saturated heterocycles. The van der Waals surface area contributed by atoms with Gasteiger partial charge in [0.05, 0.1) is 5.75 Å². The Hall–Kier alpha value is -1.44. The van der Waals surface area contributed by atoms with Crippen LogP contribution >= 0.6 is 0 Å². The normalized spacial score (nSPS) is 13.2. The number of aliphatic hydroxyl groups is 1. The molecule has 1 amide bonds. The van der Waals surface area contributed by atoms with Crippen LogP contribution in [0.25, 0.3) is 0 Å². The number of primary amides is 1. The van der Waals surface area contributed by atoms with Gasteiger partial charge < -0.3 is 10.8 Å². The molecule has 0 saturated carbocycles. The quantitative estimate of drug-likeness (QED) is 0.605. The highest BCUT2D eigenvalue weighted by Crippen LogP contribution is 2.03. The van der Waals surface area contributed by atoms with Gasteiger partial charge in [0.25, 0.3) is 0 Å². The summed E-state index contributed by atoms with van der Waals surface area (Å²) in [6.45, 7) is -0.412. The topological polar surface area (TPSA) is 109 Å². The average molecular weight is 258 g/mol. The van der Waals surface area contributed by atoms with Gasteiger partial charge in [-0.25, -0.2) is 13.1 Å². The van der Waals surface area contributed by atoms with E-state index in [2.05, 4.69) is 4.72 Å². The van der Waals surface area contributed by atoms with E-state index in [0.717, 1.165) is 0 Å². The average Bonchev–Trinajstić information content (AvgIpc) is 2.26. The lowest BCUT2D eigenvalue weighted by atomic mass is 10.2. The van der Waals surface area contributed by atoms with Crippen molar-refractivity contribution in [2.75, 3.05) is 6.54 Å². The van der Waals surface area contributed by atoms with Gasteiger partial charge in [0.15, 0.2) is 0 Å². The molecule has 6 nitrogen and oxygen atoms in total. The first-order valence-corrected chi connectivity index (χ1v) is 6.54. The molecule has 94 valence electrons. The van der Waals surface area contributed by atoms with E-state index in [-0.39, 0.29) is 5.75 Å². The van der Waals surface area contributed by atoms with E-state index in [1.165, 1.54) is 0 Å². The maximum Gasteiger partial charge on any atom is 0.247 e. The summed E-state index contributed by atoms with van der Waals surface area (Å²) in [6, 6.07) is 8.57. The third kappa shape index (κ3) is 4.94. The molecule has 1 rings (SSSR count). The molecule has 0 aliphatic carbocycles. The number of nitrogens with one attached hydrogen (secondary N) is 1. The van der Waals surface area contributed by atoms with Crippen LogP contribution in [-0.4, -0.2) is 32.1 Å². The highest BCUT2D eigenvalue weighted by molar-refractivity contribution is 7.88. The standard InChI is InChI=1S/C10H14N2O4S/c11-10(14)9(13)6-12-17(15,16)7-8-4-2-1-3-5-8/h1-5,9,12-13H,6-7H2,(H2,11,14). The molecule has 1 atom stereocenters. The van der Waals surface area contributed by atoms with Crippen molar-refractivity contribution >= 4 is 15.9 Å². The van der Waals surface area contributed by atoms with Gasteiger partial charge in [-0.15, -0.1) is 0 Å². The van der Waals surface area contributed by atoms with Crippen LogP contribution in [0.1, 0.15) is 5.56 Å². The van der Waals surface area contributed by atoms with Crippen LogP contribution in [0, 0.1) is 0 Å². The van der Waals surface area contributed by atoms with Crippen molar-refractivity contribution in [1.82, 2.24) is 4.72 Å². The predicted octanol–water partition coefficient (Wildman–Crippen LogP) is -1.05. The maximum atomic E-state index is 11.6. The summed E-state index contributed by atoms with van der Waals surface area (Å²) in [5, 5.41) is 9.05. The second kappa shape index (κ2) is 5.76. The molecule has 0 heterocycles. The van der Waals surface area contributed by atoms with E-state index in [9.17, 15) is 13.2 Å². The number of sulfonamides is 1. The molecule has 0 fully saturated rings.